The van der Waals surface area contributed by atoms with Crippen molar-refractivity contribution in [3.8, 4) is 0 Å². The molecule has 0 aliphatic carbocycles. The summed E-state index contributed by atoms with van der Waals surface area (Å²) in [6.45, 7) is 7.68. The Morgan fingerprint density at radius 2 is 1.94 bits per heavy atom. The first-order chi connectivity index (χ1) is 8.13. The first-order valence-corrected chi connectivity index (χ1v) is 6.21. The van der Waals surface area contributed by atoms with E-state index >= 15 is 0 Å². The number of hydrogen-bond acceptors (Lipinski definition) is 2. The maximum Gasteiger partial charge on any atom is 0.221 e. The zero-order valence-corrected chi connectivity index (χ0v) is 11.0. The highest BCUT2D eigenvalue weighted by Crippen LogP contribution is 2.13. The molecule has 3 nitrogen and oxygen atoms in total. The van der Waals surface area contributed by atoms with Crippen molar-refractivity contribution in [2.24, 2.45) is 0 Å². The second kappa shape index (κ2) is 6.94. The SMILES string of the molecule is CCCNC(=O)CCNc1ccc(C)c(C)c1. The number of amides is 1. The van der Waals surface area contributed by atoms with Gasteiger partial charge in [0, 0.05) is 25.2 Å². The van der Waals surface area contributed by atoms with Crippen LogP contribution < -0.4 is 10.6 Å². The van der Waals surface area contributed by atoms with Crippen molar-refractivity contribution in [1.29, 1.82) is 0 Å². The van der Waals surface area contributed by atoms with Crippen molar-refractivity contribution >= 4 is 11.6 Å². The standard InChI is InChI=1S/C14H22N2O/c1-4-8-16-14(17)7-9-15-13-6-5-11(2)12(3)10-13/h5-6,10,15H,4,7-9H2,1-3H3,(H,16,17). The lowest BCUT2D eigenvalue weighted by Crippen LogP contribution is -2.25. The summed E-state index contributed by atoms with van der Waals surface area (Å²) in [4.78, 5) is 11.4. The maximum atomic E-state index is 11.4. The van der Waals surface area contributed by atoms with E-state index in [0.717, 1.165) is 18.7 Å². The zero-order chi connectivity index (χ0) is 12.7. The first-order valence-electron chi connectivity index (χ1n) is 6.21. The van der Waals surface area contributed by atoms with E-state index < -0.39 is 0 Å². The van der Waals surface area contributed by atoms with E-state index in [1.165, 1.54) is 11.1 Å². The molecule has 94 valence electrons. The Morgan fingerprint density at radius 3 is 2.59 bits per heavy atom. The summed E-state index contributed by atoms with van der Waals surface area (Å²) >= 11 is 0. The van der Waals surface area contributed by atoms with E-state index in [0.29, 0.717) is 13.0 Å². The van der Waals surface area contributed by atoms with Gasteiger partial charge in [-0.15, -0.1) is 0 Å². The molecule has 3 heteroatoms. The molecular formula is C14H22N2O. The number of benzene rings is 1. The van der Waals surface area contributed by atoms with Gasteiger partial charge in [0.1, 0.15) is 0 Å². The van der Waals surface area contributed by atoms with E-state index in [1.54, 1.807) is 0 Å². The smallest absolute Gasteiger partial charge is 0.221 e. The normalized spacial score (nSPS) is 10.1. The molecule has 1 aromatic rings. The first kappa shape index (κ1) is 13.6. The monoisotopic (exact) mass is 234 g/mol. The van der Waals surface area contributed by atoms with E-state index in [1.807, 2.05) is 13.0 Å². The third kappa shape index (κ3) is 4.89. The highest BCUT2D eigenvalue weighted by atomic mass is 16.1. The van der Waals surface area contributed by atoms with Crippen LogP contribution in [-0.2, 0) is 4.79 Å². The minimum absolute atomic E-state index is 0.114. The van der Waals surface area contributed by atoms with E-state index in [9.17, 15) is 4.79 Å². The van der Waals surface area contributed by atoms with Gasteiger partial charge < -0.3 is 10.6 Å². The Labute approximate surface area is 104 Å². The second-order valence-electron chi connectivity index (χ2n) is 4.33. The van der Waals surface area contributed by atoms with Gasteiger partial charge in [0.25, 0.3) is 0 Å². The Hall–Kier alpha value is -1.51. The third-order valence-electron chi connectivity index (χ3n) is 2.76. The van der Waals surface area contributed by atoms with Crippen LogP contribution in [0.15, 0.2) is 18.2 Å². The molecule has 1 rings (SSSR count). The topological polar surface area (TPSA) is 41.1 Å². The lowest BCUT2D eigenvalue weighted by molar-refractivity contribution is -0.120. The van der Waals surface area contributed by atoms with Gasteiger partial charge in [0.05, 0.1) is 0 Å². The minimum atomic E-state index is 0.114. The Morgan fingerprint density at radius 1 is 1.18 bits per heavy atom. The molecule has 0 aliphatic heterocycles. The Kier molecular flexibility index (Phi) is 5.53. The quantitative estimate of drug-likeness (QED) is 0.794. The molecule has 1 amide bonds. The van der Waals surface area contributed by atoms with Crippen molar-refractivity contribution in [1.82, 2.24) is 5.32 Å². The number of nitrogens with one attached hydrogen (secondary N) is 2. The van der Waals surface area contributed by atoms with Gasteiger partial charge in [-0.1, -0.05) is 13.0 Å². The number of hydrogen-bond donors (Lipinski definition) is 2. The molecule has 1 aromatic carbocycles. The van der Waals surface area contributed by atoms with Gasteiger partial charge in [0.2, 0.25) is 5.91 Å². The Balaban J connectivity index is 2.30. The van der Waals surface area contributed by atoms with Gasteiger partial charge in [-0.05, 0) is 43.5 Å². The summed E-state index contributed by atoms with van der Waals surface area (Å²) in [5.74, 6) is 0.114. The number of aryl methyl sites for hydroxylation is 2. The van der Waals surface area contributed by atoms with Crippen molar-refractivity contribution in [3.05, 3.63) is 29.3 Å². The average molecular weight is 234 g/mol. The second-order valence-corrected chi connectivity index (χ2v) is 4.33. The van der Waals surface area contributed by atoms with Crippen LogP contribution in [0.5, 0.6) is 0 Å². The van der Waals surface area contributed by atoms with Gasteiger partial charge in [0.15, 0.2) is 0 Å². The number of anilines is 1. The van der Waals surface area contributed by atoms with Crippen molar-refractivity contribution in [3.63, 3.8) is 0 Å². The molecule has 0 radical (unpaired) electrons. The van der Waals surface area contributed by atoms with E-state index in [2.05, 4.69) is 36.6 Å². The summed E-state index contributed by atoms with van der Waals surface area (Å²) < 4.78 is 0. The molecule has 17 heavy (non-hydrogen) atoms. The molecule has 0 bridgehead atoms. The molecule has 0 aliphatic rings. The van der Waals surface area contributed by atoms with Crippen molar-refractivity contribution in [2.45, 2.75) is 33.6 Å². The highest BCUT2D eigenvalue weighted by molar-refractivity contribution is 5.76. The number of carbonyl (C=O) groups excluding carboxylic acids is 1. The molecule has 2 N–H and O–H groups in total. The van der Waals surface area contributed by atoms with Crippen LogP contribution in [0.4, 0.5) is 5.69 Å². The average Bonchev–Trinajstić information content (AvgIpc) is 2.31. The molecule has 0 saturated carbocycles. The lowest BCUT2D eigenvalue weighted by atomic mass is 10.1. The van der Waals surface area contributed by atoms with Crippen LogP contribution in [0.25, 0.3) is 0 Å². The summed E-state index contributed by atoms with van der Waals surface area (Å²) in [5.41, 5.74) is 3.64. The van der Waals surface area contributed by atoms with Crippen LogP contribution in [0.2, 0.25) is 0 Å². The van der Waals surface area contributed by atoms with Crippen molar-refractivity contribution < 1.29 is 4.79 Å². The summed E-state index contributed by atoms with van der Waals surface area (Å²) in [7, 11) is 0. The summed E-state index contributed by atoms with van der Waals surface area (Å²) in [5, 5.41) is 6.12. The third-order valence-corrected chi connectivity index (χ3v) is 2.76. The fourth-order valence-electron chi connectivity index (χ4n) is 1.52. The van der Waals surface area contributed by atoms with Crippen LogP contribution >= 0.6 is 0 Å². The lowest BCUT2D eigenvalue weighted by Gasteiger charge is -2.08. The van der Waals surface area contributed by atoms with Crippen LogP contribution in [0, 0.1) is 13.8 Å². The fraction of sp³-hybridized carbons (Fsp3) is 0.500. The van der Waals surface area contributed by atoms with Crippen molar-refractivity contribution in [2.75, 3.05) is 18.4 Å². The summed E-state index contributed by atoms with van der Waals surface area (Å²) in [6, 6.07) is 6.25. The summed E-state index contributed by atoms with van der Waals surface area (Å²) in [6.07, 6.45) is 1.50. The fourth-order valence-corrected chi connectivity index (χ4v) is 1.52. The largest absolute Gasteiger partial charge is 0.385 e. The van der Waals surface area contributed by atoms with Gasteiger partial charge in [-0.3, -0.25) is 4.79 Å². The van der Waals surface area contributed by atoms with Gasteiger partial charge in [-0.2, -0.15) is 0 Å². The highest BCUT2D eigenvalue weighted by Gasteiger charge is 2.00. The number of carbonyl (C=O) groups is 1. The molecule has 0 fully saturated rings. The molecule has 0 unspecified atom stereocenters. The molecule has 0 atom stereocenters. The van der Waals surface area contributed by atoms with Crippen LogP contribution in [0.1, 0.15) is 30.9 Å². The predicted octanol–water partition coefficient (Wildman–Crippen LogP) is 2.63. The number of rotatable bonds is 6. The maximum absolute atomic E-state index is 11.4. The van der Waals surface area contributed by atoms with Crippen LogP contribution in [-0.4, -0.2) is 19.0 Å². The van der Waals surface area contributed by atoms with Crippen LogP contribution in [0.3, 0.4) is 0 Å². The predicted molar refractivity (Wildman–Crippen MR) is 72.3 cm³/mol. The molecule has 0 spiro atoms. The van der Waals surface area contributed by atoms with E-state index in [-0.39, 0.29) is 5.91 Å². The molecule has 0 saturated heterocycles. The Bertz CT molecular complexity index is 374. The molecular weight excluding hydrogens is 212 g/mol. The zero-order valence-electron chi connectivity index (χ0n) is 11.0. The van der Waals surface area contributed by atoms with Gasteiger partial charge >= 0.3 is 0 Å². The molecule has 0 heterocycles. The molecule has 0 aromatic heterocycles. The van der Waals surface area contributed by atoms with Gasteiger partial charge in [-0.25, -0.2) is 0 Å². The minimum Gasteiger partial charge on any atom is -0.385 e. The van der Waals surface area contributed by atoms with E-state index in [4.69, 9.17) is 0 Å².